The molecule has 4 aliphatic rings. The smallest absolute Gasteiger partial charge is 0.286 e. The standard InChI is InChI=1S/C26H25Cl2FN4O.C21H14Cl3FN2O.C6H15N.C5H12N2/c27-19-9-12-23(22(28)16-19)33-25-18(15-17-7-10-20(29)11-8-17)5-4-6-21(25)24(30-33)26(34)31-32-13-2-1-3-14-32;22-14-6-9-18(17(23)11-14)27-20-13(10-12-4-7-15(25)8-5-12)2-1-3-16(20)19(26-27)21(24)28;1-4-7(5-2)6-3;6-7-4-2-1-3-5-7/h7-12,15-16H,1-6,13-14H2,(H,31,34);4-11H,1-3H2;4-6H2,1-3H3;1-6H2/b18-15+;13-10+;;. The lowest BCUT2D eigenvalue weighted by Gasteiger charge is -2.26. The van der Waals surface area contributed by atoms with Gasteiger partial charge in [-0.15, -0.1) is 0 Å². The molecule has 11 nitrogen and oxygen atoms in total. The van der Waals surface area contributed by atoms with Gasteiger partial charge in [-0.05, 0) is 191 Å². The van der Waals surface area contributed by atoms with Crippen molar-refractivity contribution in [3.63, 3.8) is 0 Å². The molecular formula is C58H66Cl5F2N9O2. The number of hydrogen-bond donors (Lipinski definition) is 2. The molecule has 4 heterocycles. The van der Waals surface area contributed by atoms with Crippen LogP contribution >= 0.6 is 58.0 Å². The number of fused-ring (bicyclic) bond motifs is 2. The third kappa shape index (κ3) is 15.6. The summed E-state index contributed by atoms with van der Waals surface area (Å²) in [6, 6.07) is 23.0. The van der Waals surface area contributed by atoms with E-state index < -0.39 is 5.24 Å². The molecule has 10 rings (SSSR count). The highest BCUT2D eigenvalue weighted by Crippen LogP contribution is 2.40. The van der Waals surface area contributed by atoms with Gasteiger partial charge in [-0.1, -0.05) is 104 Å². The number of rotatable bonds is 10. The zero-order valence-electron chi connectivity index (χ0n) is 43.3. The summed E-state index contributed by atoms with van der Waals surface area (Å²) >= 11 is 30.9. The van der Waals surface area contributed by atoms with Crippen LogP contribution in [0.5, 0.6) is 0 Å². The van der Waals surface area contributed by atoms with Crippen LogP contribution in [0.2, 0.25) is 20.1 Å². The molecule has 0 radical (unpaired) electrons. The summed E-state index contributed by atoms with van der Waals surface area (Å²) in [5, 5.41) is 14.4. The number of piperidine rings is 2. The van der Waals surface area contributed by atoms with Gasteiger partial charge < -0.3 is 4.90 Å². The molecule has 0 bridgehead atoms. The van der Waals surface area contributed by atoms with Gasteiger partial charge in [-0.3, -0.25) is 20.9 Å². The number of benzene rings is 4. The average molecular weight is 1140 g/mol. The fourth-order valence-corrected chi connectivity index (χ4v) is 10.9. The highest BCUT2D eigenvalue weighted by Gasteiger charge is 2.31. The van der Waals surface area contributed by atoms with Crippen molar-refractivity contribution in [1.29, 1.82) is 0 Å². The number of amides is 1. The fraction of sp³-hybridized carbons (Fsp3) is 0.379. The first-order valence-corrected chi connectivity index (χ1v) is 28.1. The summed E-state index contributed by atoms with van der Waals surface area (Å²) in [6.07, 6.45) is 16.1. The van der Waals surface area contributed by atoms with Gasteiger partial charge in [0.15, 0.2) is 5.69 Å². The predicted octanol–water partition coefficient (Wildman–Crippen LogP) is 14.6. The second-order valence-electron chi connectivity index (χ2n) is 19.0. The van der Waals surface area contributed by atoms with Crippen molar-refractivity contribution in [3.05, 3.63) is 162 Å². The van der Waals surface area contributed by atoms with E-state index in [4.69, 9.17) is 68.9 Å². The largest absolute Gasteiger partial charge is 0.304 e. The van der Waals surface area contributed by atoms with Crippen LogP contribution in [0.15, 0.2) is 84.9 Å². The number of hydrazine groups is 2. The average Bonchev–Trinajstić information content (AvgIpc) is 4.00. The molecule has 3 N–H and O–H groups in total. The van der Waals surface area contributed by atoms with Crippen LogP contribution < -0.4 is 11.3 Å². The van der Waals surface area contributed by atoms with Crippen LogP contribution in [0, 0.1) is 11.6 Å². The lowest BCUT2D eigenvalue weighted by Crippen LogP contribution is -2.45. The van der Waals surface area contributed by atoms with E-state index in [-0.39, 0.29) is 23.2 Å². The first-order chi connectivity index (χ1) is 36.7. The first-order valence-electron chi connectivity index (χ1n) is 26.2. The van der Waals surface area contributed by atoms with E-state index in [0.717, 1.165) is 116 Å². The molecule has 0 atom stereocenters. The third-order valence-corrected chi connectivity index (χ3v) is 15.0. The number of nitrogens with zero attached hydrogens (tertiary/aromatic N) is 7. The van der Waals surface area contributed by atoms with Crippen LogP contribution in [0.3, 0.4) is 0 Å². The lowest BCUT2D eigenvalue weighted by atomic mass is 9.89. The van der Waals surface area contributed by atoms with Crippen LogP contribution in [0.25, 0.3) is 34.7 Å². The Hall–Kier alpha value is -4.93. The molecular weight excluding hydrogens is 1070 g/mol. The van der Waals surface area contributed by atoms with Crippen LogP contribution in [-0.4, -0.2) is 91.4 Å². The lowest BCUT2D eigenvalue weighted by molar-refractivity contribution is 0.0743. The van der Waals surface area contributed by atoms with Gasteiger partial charge in [0.2, 0.25) is 0 Å². The van der Waals surface area contributed by atoms with Crippen molar-refractivity contribution in [2.45, 2.75) is 97.8 Å². The Morgan fingerprint density at radius 2 is 1.01 bits per heavy atom. The number of halogens is 7. The third-order valence-electron chi connectivity index (χ3n) is 13.8. The summed E-state index contributed by atoms with van der Waals surface area (Å²) in [7, 11) is 0. The minimum atomic E-state index is -0.608. The van der Waals surface area contributed by atoms with E-state index >= 15 is 0 Å². The van der Waals surface area contributed by atoms with E-state index in [9.17, 15) is 18.4 Å². The molecule has 2 saturated heterocycles. The molecule has 2 fully saturated rings. The Balaban J connectivity index is 0.000000178. The number of aromatic nitrogens is 4. The molecule has 4 aromatic carbocycles. The number of hydrogen-bond acceptors (Lipinski definition) is 8. The molecule has 6 aromatic rings. The molecule has 0 spiro atoms. The summed E-state index contributed by atoms with van der Waals surface area (Å²) in [5.74, 6) is 4.70. The van der Waals surface area contributed by atoms with E-state index in [2.05, 4.69) is 36.2 Å². The van der Waals surface area contributed by atoms with E-state index in [1.165, 1.54) is 69.6 Å². The fourth-order valence-electron chi connectivity index (χ4n) is 9.77. The number of nitrogens with two attached hydrogens (primary N) is 1. The van der Waals surface area contributed by atoms with Crippen LogP contribution in [0.4, 0.5) is 8.78 Å². The van der Waals surface area contributed by atoms with Crippen molar-refractivity contribution in [2.75, 3.05) is 45.8 Å². The van der Waals surface area contributed by atoms with Gasteiger partial charge in [-0.2, -0.15) is 10.2 Å². The second kappa shape index (κ2) is 28.6. The Labute approximate surface area is 470 Å². The van der Waals surface area contributed by atoms with E-state index in [0.29, 0.717) is 43.6 Å². The highest BCUT2D eigenvalue weighted by molar-refractivity contribution is 6.67. The Kier molecular flexibility index (Phi) is 22.1. The molecule has 2 aromatic heterocycles. The quantitative estimate of drug-likeness (QED) is 0.103. The van der Waals surface area contributed by atoms with Gasteiger partial charge in [-0.25, -0.2) is 28.2 Å². The molecule has 0 unspecified atom stereocenters. The topological polar surface area (TPSA) is 118 Å². The van der Waals surface area contributed by atoms with Crippen molar-refractivity contribution >= 4 is 92.5 Å². The van der Waals surface area contributed by atoms with Gasteiger partial charge in [0.1, 0.15) is 17.3 Å². The Morgan fingerprint density at radius 3 is 1.39 bits per heavy atom. The van der Waals surface area contributed by atoms with E-state index in [1.54, 1.807) is 64.0 Å². The zero-order chi connectivity index (χ0) is 54.3. The van der Waals surface area contributed by atoms with Gasteiger partial charge >= 0.3 is 0 Å². The first kappa shape index (κ1) is 58.7. The normalized spacial score (nSPS) is 16.6. The molecule has 18 heteroatoms. The maximum absolute atomic E-state index is 13.4. The molecule has 2 aliphatic heterocycles. The molecule has 404 valence electrons. The predicted molar refractivity (Wildman–Crippen MR) is 308 cm³/mol. The van der Waals surface area contributed by atoms with Gasteiger partial charge in [0, 0.05) is 47.4 Å². The van der Waals surface area contributed by atoms with Gasteiger partial charge in [0.25, 0.3) is 11.1 Å². The van der Waals surface area contributed by atoms with Gasteiger partial charge in [0.05, 0.1) is 32.8 Å². The van der Waals surface area contributed by atoms with Crippen molar-refractivity contribution in [1.82, 2.24) is 39.9 Å². The molecule has 2 aliphatic carbocycles. The number of nitrogens with one attached hydrogen (secondary N) is 1. The summed E-state index contributed by atoms with van der Waals surface area (Å²) in [6.45, 7) is 14.0. The Morgan fingerprint density at radius 1 is 0.592 bits per heavy atom. The zero-order valence-corrected chi connectivity index (χ0v) is 47.1. The molecule has 1 amide bonds. The number of carbonyl (C=O) groups is 2. The SMILES string of the molecule is CCN(CC)CC.NN1CCCCC1.O=C(Cl)c1nn(-c2ccc(Cl)cc2Cl)c2c1CCC/C2=C\c1ccc(F)cc1.O=C(NN1CCCCC1)c1nn(-c2ccc(Cl)cc2Cl)c2c1CCC/C2=C\c1ccc(F)cc1. The van der Waals surface area contributed by atoms with Crippen molar-refractivity contribution in [3.8, 4) is 11.4 Å². The van der Waals surface area contributed by atoms with Crippen LogP contribution in [0.1, 0.15) is 140 Å². The van der Waals surface area contributed by atoms with Crippen LogP contribution in [-0.2, 0) is 12.8 Å². The summed E-state index contributed by atoms with van der Waals surface area (Å²) < 4.78 is 30.1. The minimum Gasteiger partial charge on any atom is -0.304 e. The number of carbonyl (C=O) groups excluding carboxylic acids is 2. The van der Waals surface area contributed by atoms with E-state index in [1.807, 2.05) is 28.2 Å². The maximum Gasteiger partial charge on any atom is 0.286 e. The van der Waals surface area contributed by atoms with Crippen molar-refractivity contribution < 1.29 is 18.4 Å². The monoisotopic (exact) mass is 1130 g/mol. The number of allylic oxidation sites excluding steroid dienone is 2. The van der Waals surface area contributed by atoms with Crippen molar-refractivity contribution in [2.24, 2.45) is 5.84 Å². The molecule has 0 saturated carbocycles. The highest BCUT2D eigenvalue weighted by atomic mass is 35.5. The Bertz CT molecular complexity index is 2970. The summed E-state index contributed by atoms with van der Waals surface area (Å²) in [4.78, 5) is 27.7. The second-order valence-corrected chi connectivity index (χ2v) is 21.0. The summed E-state index contributed by atoms with van der Waals surface area (Å²) in [5.41, 5.74) is 12.1. The molecule has 76 heavy (non-hydrogen) atoms. The maximum atomic E-state index is 13.4. The minimum absolute atomic E-state index is 0.204.